The monoisotopic (exact) mass is 458 g/mol. The molecule has 4 heteroatoms. The summed E-state index contributed by atoms with van der Waals surface area (Å²) in [5.74, 6) is 0.811. The van der Waals surface area contributed by atoms with Crippen LogP contribution in [0, 0.1) is 0 Å². The van der Waals surface area contributed by atoms with Crippen LogP contribution in [0.5, 0.6) is 5.75 Å². The van der Waals surface area contributed by atoms with Crippen LogP contribution in [-0.4, -0.2) is 60.3 Å². The van der Waals surface area contributed by atoms with Crippen molar-refractivity contribution in [3.63, 3.8) is 0 Å². The lowest BCUT2D eigenvalue weighted by molar-refractivity contribution is 0.0401. The van der Waals surface area contributed by atoms with Gasteiger partial charge in [0.15, 0.2) is 0 Å². The summed E-state index contributed by atoms with van der Waals surface area (Å²) in [5, 5.41) is 10.6. The third-order valence-electron chi connectivity index (χ3n) is 6.63. The molecule has 0 radical (unpaired) electrons. The Balaban J connectivity index is 1.29. The van der Waals surface area contributed by atoms with Crippen LogP contribution in [0.1, 0.15) is 43.5 Å². The zero-order chi connectivity index (χ0) is 24.0. The zero-order valence-corrected chi connectivity index (χ0v) is 20.7. The molecule has 1 atom stereocenters. The molecule has 180 valence electrons. The van der Waals surface area contributed by atoms with Gasteiger partial charge in [-0.3, -0.25) is 9.80 Å². The van der Waals surface area contributed by atoms with Crippen molar-refractivity contribution in [2.24, 2.45) is 0 Å². The molecule has 0 saturated carbocycles. The van der Waals surface area contributed by atoms with E-state index in [0.717, 1.165) is 31.9 Å². The number of ether oxygens (including phenoxy) is 1. The van der Waals surface area contributed by atoms with E-state index in [2.05, 4.69) is 103 Å². The van der Waals surface area contributed by atoms with E-state index < -0.39 is 6.10 Å². The van der Waals surface area contributed by atoms with Gasteiger partial charge in [0.05, 0.1) is 6.04 Å². The number of aliphatic hydroxyl groups is 1. The SMILES string of the molecule is CC(C)(C)c1ccc(OCC(O)CN2CCN(C(c3ccccc3)c3ccccc3)CC2)cc1. The third-order valence-corrected chi connectivity index (χ3v) is 6.63. The van der Waals surface area contributed by atoms with Crippen LogP contribution >= 0.6 is 0 Å². The van der Waals surface area contributed by atoms with Crippen LogP contribution in [0.2, 0.25) is 0 Å². The van der Waals surface area contributed by atoms with E-state index in [0.29, 0.717) is 13.2 Å². The first-order valence-electron chi connectivity index (χ1n) is 12.4. The molecule has 3 aromatic rings. The first kappa shape index (κ1) is 24.5. The van der Waals surface area contributed by atoms with E-state index in [1.165, 1.54) is 16.7 Å². The number of hydrogen-bond donors (Lipinski definition) is 1. The molecule has 34 heavy (non-hydrogen) atoms. The van der Waals surface area contributed by atoms with Gasteiger partial charge in [0.25, 0.3) is 0 Å². The Morgan fingerprint density at radius 1 is 0.765 bits per heavy atom. The van der Waals surface area contributed by atoms with Gasteiger partial charge in [0, 0.05) is 32.7 Å². The largest absolute Gasteiger partial charge is 0.491 e. The van der Waals surface area contributed by atoms with Crippen molar-refractivity contribution < 1.29 is 9.84 Å². The second kappa shape index (κ2) is 11.2. The summed E-state index contributed by atoms with van der Waals surface area (Å²) in [6, 6.07) is 30.0. The molecule has 1 aliphatic heterocycles. The van der Waals surface area contributed by atoms with Crippen molar-refractivity contribution in [3.8, 4) is 5.75 Å². The average Bonchev–Trinajstić information content (AvgIpc) is 2.85. The Labute approximate surface area is 204 Å². The molecular weight excluding hydrogens is 420 g/mol. The third kappa shape index (κ3) is 6.47. The van der Waals surface area contributed by atoms with Gasteiger partial charge in [-0.25, -0.2) is 0 Å². The Bertz CT molecular complexity index is 952. The smallest absolute Gasteiger partial charge is 0.119 e. The van der Waals surface area contributed by atoms with E-state index in [9.17, 15) is 5.11 Å². The van der Waals surface area contributed by atoms with Crippen LogP contribution in [0.25, 0.3) is 0 Å². The Morgan fingerprint density at radius 2 is 1.29 bits per heavy atom. The molecule has 0 amide bonds. The summed E-state index contributed by atoms with van der Waals surface area (Å²) >= 11 is 0. The highest BCUT2D eigenvalue weighted by Gasteiger charge is 2.27. The second-order valence-corrected chi connectivity index (χ2v) is 10.3. The maximum atomic E-state index is 10.6. The van der Waals surface area contributed by atoms with Crippen molar-refractivity contribution in [2.75, 3.05) is 39.3 Å². The minimum Gasteiger partial charge on any atom is -0.491 e. The summed E-state index contributed by atoms with van der Waals surface area (Å²) in [5.41, 5.74) is 4.06. The van der Waals surface area contributed by atoms with E-state index in [4.69, 9.17) is 4.74 Å². The molecule has 0 aromatic heterocycles. The van der Waals surface area contributed by atoms with Gasteiger partial charge in [0.2, 0.25) is 0 Å². The lowest BCUT2D eigenvalue weighted by atomic mass is 9.87. The predicted molar refractivity (Wildman–Crippen MR) is 139 cm³/mol. The minimum absolute atomic E-state index is 0.125. The fraction of sp³-hybridized carbons (Fsp3) is 0.400. The lowest BCUT2D eigenvalue weighted by Gasteiger charge is -2.40. The van der Waals surface area contributed by atoms with Crippen molar-refractivity contribution in [3.05, 3.63) is 102 Å². The molecule has 0 aliphatic carbocycles. The van der Waals surface area contributed by atoms with Crippen LogP contribution in [-0.2, 0) is 5.41 Å². The van der Waals surface area contributed by atoms with Crippen molar-refractivity contribution >= 4 is 0 Å². The summed E-state index contributed by atoms with van der Waals surface area (Å²) in [6.45, 7) is 11.4. The van der Waals surface area contributed by atoms with Gasteiger partial charge in [-0.2, -0.15) is 0 Å². The normalized spacial score (nSPS) is 16.5. The first-order valence-corrected chi connectivity index (χ1v) is 12.4. The number of benzene rings is 3. The maximum Gasteiger partial charge on any atom is 0.119 e. The van der Waals surface area contributed by atoms with Gasteiger partial charge in [-0.15, -0.1) is 0 Å². The summed E-state index contributed by atoms with van der Waals surface area (Å²) in [7, 11) is 0. The van der Waals surface area contributed by atoms with Crippen LogP contribution in [0.15, 0.2) is 84.9 Å². The summed E-state index contributed by atoms with van der Waals surface area (Å²) < 4.78 is 5.86. The number of β-amino-alcohol motifs (C(OH)–C–C–N with tert-alkyl or cyclic N) is 1. The first-order chi connectivity index (χ1) is 16.4. The van der Waals surface area contributed by atoms with Gasteiger partial charge >= 0.3 is 0 Å². The highest BCUT2D eigenvalue weighted by Crippen LogP contribution is 2.29. The lowest BCUT2D eigenvalue weighted by Crippen LogP contribution is -2.50. The molecule has 1 aliphatic rings. The van der Waals surface area contributed by atoms with E-state index >= 15 is 0 Å². The highest BCUT2D eigenvalue weighted by molar-refractivity contribution is 5.32. The fourth-order valence-corrected chi connectivity index (χ4v) is 4.68. The second-order valence-electron chi connectivity index (χ2n) is 10.3. The Kier molecular flexibility index (Phi) is 8.04. The van der Waals surface area contributed by atoms with Crippen molar-refractivity contribution in [1.82, 2.24) is 9.80 Å². The Hall–Kier alpha value is -2.66. The van der Waals surface area contributed by atoms with E-state index in [1.807, 2.05) is 12.1 Å². The predicted octanol–water partition coefficient (Wildman–Crippen LogP) is 5.13. The number of rotatable bonds is 8. The molecule has 1 unspecified atom stereocenters. The summed E-state index contributed by atoms with van der Waals surface area (Å²) in [6.07, 6.45) is -0.507. The molecule has 1 fully saturated rings. The van der Waals surface area contributed by atoms with Gasteiger partial charge in [-0.1, -0.05) is 93.6 Å². The topological polar surface area (TPSA) is 35.9 Å². The quantitative estimate of drug-likeness (QED) is 0.508. The van der Waals surface area contributed by atoms with Crippen molar-refractivity contribution in [1.29, 1.82) is 0 Å². The molecular formula is C30H38N2O2. The molecule has 1 N–H and O–H groups in total. The van der Waals surface area contributed by atoms with Gasteiger partial charge in [-0.05, 0) is 34.2 Å². The van der Waals surface area contributed by atoms with Crippen LogP contribution in [0.4, 0.5) is 0 Å². The van der Waals surface area contributed by atoms with Gasteiger partial charge < -0.3 is 9.84 Å². The zero-order valence-electron chi connectivity index (χ0n) is 20.7. The van der Waals surface area contributed by atoms with E-state index in [1.54, 1.807) is 0 Å². The molecule has 4 nitrogen and oxygen atoms in total. The van der Waals surface area contributed by atoms with E-state index in [-0.39, 0.29) is 11.5 Å². The number of hydrogen-bond acceptors (Lipinski definition) is 4. The molecule has 4 rings (SSSR count). The molecule has 1 saturated heterocycles. The molecule has 1 heterocycles. The fourth-order valence-electron chi connectivity index (χ4n) is 4.68. The molecule has 3 aromatic carbocycles. The Morgan fingerprint density at radius 3 is 1.79 bits per heavy atom. The maximum absolute atomic E-state index is 10.6. The standard InChI is InChI=1S/C30H38N2O2/c1-30(2,3)26-14-16-28(17-15-26)34-23-27(33)22-31-18-20-32(21-19-31)29(24-10-6-4-7-11-24)25-12-8-5-9-13-25/h4-17,27,29,33H,18-23H2,1-3H3. The van der Waals surface area contributed by atoms with Gasteiger partial charge in [0.1, 0.15) is 18.5 Å². The summed E-state index contributed by atoms with van der Waals surface area (Å²) in [4.78, 5) is 4.90. The van der Waals surface area contributed by atoms with Crippen LogP contribution < -0.4 is 4.74 Å². The number of aliphatic hydroxyl groups excluding tert-OH is 1. The molecule has 0 bridgehead atoms. The number of piperazine rings is 1. The highest BCUT2D eigenvalue weighted by atomic mass is 16.5. The molecule has 0 spiro atoms. The minimum atomic E-state index is -0.507. The van der Waals surface area contributed by atoms with Crippen LogP contribution in [0.3, 0.4) is 0 Å². The average molecular weight is 459 g/mol. The van der Waals surface area contributed by atoms with Crippen molar-refractivity contribution in [2.45, 2.75) is 38.3 Å². The number of nitrogens with zero attached hydrogens (tertiary/aromatic N) is 2.